The van der Waals surface area contributed by atoms with Gasteiger partial charge in [-0.15, -0.1) is 0 Å². The van der Waals surface area contributed by atoms with Gasteiger partial charge in [-0.2, -0.15) is 0 Å². The van der Waals surface area contributed by atoms with Crippen molar-refractivity contribution in [1.29, 1.82) is 0 Å². The van der Waals surface area contributed by atoms with Gasteiger partial charge in [-0.3, -0.25) is 19.7 Å². The Hall–Kier alpha value is -3.16. The Labute approximate surface area is 117 Å². The zero-order valence-electron chi connectivity index (χ0n) is 10.7. The number of nitro groups is 1. The van der Waals surface area contributed by atoms with Gasteiger partial charge in [0.25, 0.3) is 5.69 Å². The highest BCUT2D eigenvalue weighted by Crippen LogP contribution is 2.20. The van der Waals surface area contributed by atoms with Crippen LogP contribution in [0.5, 0.6) is 0 Å². The third-order valence-corrected chi connectivity index (χ3v) is 3.02. The van der Waals surface area contributed by atoms with Crippen LogP contribution in [-0.2, 0) is 6.54 Å². The lowest BCUT2D eigenvalue weighted by Crippen LogP contribution is -2.15. The summed E-state index contributed by atoms with van der Waals surface area (Å²) in [6.07, 6.45) is 1.53. The summed E-state index contributed by atoms with van der Waals surface area (Å²) in [5.74, 6) is -0.602. The number of nitrogens with two attached hydrogens (primary N) is 1. The smallest absolute Gasteiger partial charge is 0.408 e. The first-order chi connectivity index (χ1) is 10.0. The molecule has 8 nitrogen and oxygen atoms in total. The predicted molar refractivity (Wildman–Crippen MR) is 74.9 cm³/mol. The van der Waals surface area contributed by atoms with Gasteiger partial charge in [-0.25, -0.2) is 4.79 Å². The zero-order chi connectivity index (χ0) is 15.0. The Bertz CT molecular complexity index is 897. The SMILES string of the molecule is Nc1ccnc(Cn2c(=O)oc3ccc([N+](=O)[O-])cc32)c1. The van der Waals surface area contributed by atoms with Gasteiger partial charge in [0.05, 0.1) is 22.7 Å². The molecule has 1 aromatic carbocycles. The Morgan fingerprint density at radius 1 is 1.33 bits per heavy atom. The van der Waals surface area contributed by atoms with Crippen molar-refractivity contribution in [3.05, 3.63) is 62.9 Å². The van der Waals surface area contributed by atoms with E-state index in [0.29, 0.717) is 16.9 Å². The van der Waals surface area contributed by atoms with Crippen molar-refractivity contribution >= 4 is 22.5 Å². The molecule has 21 heavy (non-hydrogen) atoms. The number of anilines is 1. The molecule has 0 radical (unpaired) electrons. The van der Waals surface area contributed by atoms with Crippen molar-refractivity contribution in [2.24, 2.45) is 0 Å². The minimum absolute atomic E-state index is 0.113. The maximum Gasteiger partial charge on any atom is 0.420 e. The molecule has 2 N–H and O–H groups in total. The van der Waals surface area contributed by atoms with Crippen LogP contribution in [0.25, 0.3) is 11.1 Å². The number of hydrogen-bond donors (Lipinski definition) is 1. The highest BCUT2D eigenvalue weighted by Gasteiger charge is 2.14. The summed E-state index contributed by atoms with van der Waals surface area (Å²) in [7, 11) is 0. The first-order valence-electron chi connectivity index (χ1n) is 6.03. The lowest BCUT2D eigenvalue weighted by atomic mass is 10.2. The maximum absolute atomic E-state index is 11.9. The summed E-state index contributed by atoms with van der Waals surface area (Å²) < 4.78 is 6.34. The molecule has 0 saturated heterocycles. The van der Waals surface area contributed by atoms with Crippen LogP contribution in [0.2, 0.25) is 0 Å². The third kappa shape index (κ3) is 2.34. The summed E-state index contributed by atoms with van der Waals surface area (Å²) in [6.45, 7) is 0.123. The number of benzene rings is 1. The number of nitrogen functional groups attached to an aromatic ring is 1. The van der Waals surface area contributed by atoms with Crippen LogP contribution in [0.4, 0.5) is 11.4 Å². The molecule has 0 unspecified atom stereocenters. The van der Waals surface area contributed by atoms with Crippen LogP contribution in [0.3, 0.4) is 0 Å². The number of rotatable bonds is 3. The second-order valence-electron chi connectivity index (χ2n) is 4.44. The van der Waals surface area contributed by atoms with Gasteiger partial charge in [-0.1, -0.05) is 0 Å². The van der Waals surface area contributed by atoms with Crippen molar-refractivity contribution < 1.29 is 9.34 Å². The van der Waals surface area contributed by atoms with Gasteiger partial charge in [0, 0.05) is 24.0 Å². The van der Waals surface area contributed by atoms with Crippen molar-refractivity contribution in [1.82, 2.24) is 9.55 Å². The third-order valence-electron chi connectivity index (χ3n) is 3.02. The summed E-state index contributed by atoms with van der Waals surface area (Å²) in [5, 5.41) is 10.8. The van der Waals surface area contributed by atoms with E-state index in [-0.39, 0.29) is 17.8 Å². The first-order valence-corrected chi connectivity index (χ1v) is 6.03. The van der Waals surface area contributed by atoms with E-state index < -0.39 is 10.7 Å². The molecular formula is C13H10N4O4. The average Bonchev–Trinajstić information content (AvgIpc) is 2.74. The van der Waals surface area contributed by atoms with Gasteiger partial charge in [-0.05, 0) is 18.2 Å². The minimum atomic E-state index is -0.602. The summed E-state index contributed by atoms with van der Waals surface area (Å²) in [4.78, 5) is 26.3. The number of pyridine rings is 1. The lowest BCUT2D eigenvalue weighted by molar-refractivity contribution is -0.384. The standard InChI is InChI=1S/C13H10N4O4/c14-8-3-4-15-9(5-8)7-16-11-6-10(17(19)20)1-2-12(11)21-13(16)18/h1-6H,7H2,(H2,14,15). The maximum atomic E-state index is 11.9. The molecule has 0 amide bonds. The number of nitrogens with zero attached hydrogens (tertiary/aromatic N) is 3. The van der Waals surface area contributed by atoms with E-state index in [1.165, 1.54) is 29.0 Å². The van der Waals surface area contributed by atoms with E-state index in [1.54, 1.807) is 12.1 Å². The molecule has 0 spiro atoms. The molecule has 0 fully saturated rings. The van der Waals surface area contributed by atoms with Crippen molar-refractivity contribution in [3.8, 4) is 0 Å². The van der Waals surface area contributed by atoms with Crippen LogP contribution >= 0.6 is 0 Å². The van der Waals surface area contributed by atoms with Crippen LogP contribution in [0.15, 0.2) is 45.7 Å². The molecule has 0 aliphatic rings. The van der Waals surface area contributed by atoms with Gasteiger partial charge >= 0.3 is 5.76 Å². The molecule has 0 aliphatic heterocycles. The monoisotopic (exact) mass is 286 g/mol. The number of fused-ring (bicyclic) bond motifs is 1. The van der Waals surface area contributed by atoms with E-state index in [2.05, 4.69) is 4.98 Å². The normalized spacial score (nSPS) is 10.9. The number of nitro benzene ring substituents is 1. The van der Waals surface area contributed by atoms with E-state index in [9.17, 15) is 14.9 Å². The van der Waals surface area contributed by atoms with Gasteiger partial charge < -0.3 is 10.2 Å². The summed E-state index contributed by atoms with van der Waals surface area (Å²) >= 11 is 0. The average molecular weight is 286 g/mol. The zero-order valence-corrected chi connectivity index (χ0v) is 10.7. The Morgan fingerprint density at radius 3 is 2.86 bits per heavy atom. The van der Waals surface area contributed by atoms with Crippen molar-refractivity contribution in [2.75, 3.05) is 5.73 Å². The molecule has 0 saturated carbocycles. The molecule has 3 rings (SSSR count). The van der Waals surface area contributed by atoms with E-state index in [1.807, 2.05) is 0 Å². The number of oxazole rings is 1. The fourth-order valence-corrected chi connectivity index (χ4v) is 2.06. The summed E-state index contributed by atoms with van der Waals surface area (Å²) in [6, 6.07) is 7.24. The molecule has 2 heterocycles. The number of hydrogen-bond acceptors (Lipinski definition) is 6. The van der Waals surface area contributed by atoms with E-state index in [0.717, 1.165) is 0 Å². The Kier molecular flexibility index (Phi) is 2.90. The molecule has 106 valence electrons. The van der Waals surface area contributed by atoms with E-state index in [4.69, 9.17) is 10.2 Å². The quantitative estimate of drug-likeness (QED) is 0.576. The van der Waals surface area contributed by atoms with Gasteiger partial charge in [0.1, 0.15) is 0 Å². The molecule has 0 bridgehead atoms. The number of non-ortho nitro benzene ring substituents is 1. The topological polar surface area (TPSA) is 117 Å². The van der Waals surface area contributed by atoms with Crippen molar-refractivity contribution in [2.45, 2.75) is 6.54 Å². The Balaban J connectivity index is 2.12. The first kappa shape index (κ1) is 12.9. The second kappa shape index (κ2) is 4.75. The van der Waals surface area contributed by atoms with Crippen LogP contribution in [0, 0.1) is 10.1 Å². The molecule has 3 aromatic rings. The fourth-order valence-electron chi connectivity index (χ4n) is 2.06. The molecule has 2 aromatic heterocycles. The molecular weight excluding hydrogens is 276 g/mol. The highest BCUT2D eigenvalue weighted by molar-refractivity contribution is 5.76. The van der Waals surface area contributed by atoms with Crippen molar-refractivity contribution in [3.63, 3.8) is 0 Å². The van der Waals surface area contributed by atoms with Crippen LogP contribution in [0.1, 0.15) is 5.69 Å². The lowest BCUT2D eigenvalue weighted by Gasteiger charge is -2.02. The second-order valence-corrected chi connectivity index (χ2v) is 4.44. The van der Waals surface area contributed by atoms with Gasteiger partial charge in [0.15, 0.2) is 5.58 Å². The predicted octanol–water partition coefficient (Wildman–Crippen LogP) is 1.53. The minimum Gasteiger partial charge on any atom is -0.408 e. The largest absolute Gasteiger partial charge is 0.420 e. The number of aromatic nitrogens is 2. The van der Waals surface area contributed by atoms with E-state index >= 15 is 0 Å². The van der Waals surface area contributed by atoms with Crippen LogP contribution < -0.4 is 11.5 Å². The molecule has 8 heteroatoms. The Morgan fingerprint density at radius 2 is 2.14 bits per heavy atom. The summed E-state index contributed by atoms with van der Waals surface area (Å²) in [5.41, 5.74) is 7.26. The highest BCUT2D eigenvalue weighted by atomic mass is 16.6. The fraction of sp³-hybridized carbons (Fsp3) is 0.0769. The molecule has 0 aliphatic carbocycles. The molecule has 0 atom stereocenters. The van der Waals surface area contributed by atoms with Gasteiger partial charge in [0.2, 0.25) is 0 Å². The van der Waals surface area contributed by atoms with Crippen LogP contribution in [-0.4, -0.2) is 14.5 Å².